The monoisotopic (exact) mass is 337 g/mol. The lowest BCUT2D eigenvalue weighted by Crippen LogP contribution is -2.38. The second-order valence-corrected chi connectivity index (χ2v) is 5.78. The molecule has 0 bridgehead atoms. The molecule has 0 aliphatic carbocycles. The molecule has 0 radical (unpaired) electrons. The predicted octanol–water partition coefficient (Wildman–Crippen LogP) is 3.06. The molecule has 1 atom stereocenters. The van der Waals surface area contributed by atoms with Crippen LogP contribution >= 0.6 is 0 Å². The molecule has 25 heavy (non-hydrogen) atoms. The van der Waals surface area contributed by atoms with Gasteiger partial charge in [-0.3, -0.25) is 4.79 Å². The van der Waals surface area contributed by atoms with Gasteiger partial charge in [0.1, 0.15) is 12.4 Å². The second kappa shape index (κ2) is 7.21. The quantitative estimate of drug-likeness (QED) is 0.805. The van der Waals surface area contributed by atoms with Gasteiger partial charge in [-0.1, -0.05) is 36.4 Å². The van der Waals surface area contributed by atoms with Gasteiger partial charge >= 0.3 is 5.97 Å². The fourth-order valence-corrected chi connectivity index (χ4v) is 2.57. The summed E-state index contributed by atoms with van der Waals surface area (Å²) in [5, 5.41) is 0. The number of para-hydroxylation sites is 2. The third-order valence-corrected chi connectivity index (χ3v) is 4.00. The zero-order valence-electron chi connectivity index (χ0n) is 14.1. The molecule has 5 heteroatoms. The van der Waals surface area contributed by atoms with Crippen LogP contribution < -0.4 is 9.64 Å². The molecule has 0 spiro atoms. The van der Waals surface area contributed by atoms with Crippen LogP contribution in [0.4, 0.5) is 5.69 Å². The maximum Gasteiger partial charge on any atom is 0.338 e. The Labute approximate surface area is 146 Å². The molecular weight excluding hydrogens is 318 g/mol. The van der Waals surface area contributed by atoms with Crippen LogP contribution in [0.2, 0.25) is 0 Å². The van der Waals surface area contributed by atoms with E-state index in [1.165, 1.54) is 4.90 Å². The number of ether oxygens (including phenoxy) is 2. The molecule has 5 nitrogen and oxygen atoms in total. The number of likely N-dealkylation sites (N-methyl/N-ethyl adjacent to an activating group) is 1. The van der Waals surface area contributed by atoms with Crippen LogP contribution in [0, 0.1) is 0 Å². The summed E-state index contributed by atoms with van der Waals surface area (Å²) < 4.78 is 10.9. The van der Waals surface area contributed by atoms with E-state index in [0.717, 1.165) is 17.0 Å². The van der Waals surface area contributed by atoms with Gasteiger partial charge in [-0.15, -0.1) is 0 Å². The van der Waals surface area contributed by atoms with Gasteiger partial charge in [0.2, 0.25) is 0 Å². The summed E-state index contributed by atoms with van der Waals surface area (Å²) in [7, 11) is 1.65. The number of hydrogen-bond donors (Lipinski definition) is 0. The Morgan fingerprint density at radius 2 is 1.76 bits per heavy atom. The molecule has 2 aromatic rings. The number of amides is 1. The van der Waals surface area contributed by atoms with Gasteiger partial charge in [-0.2, -0.15) is 0 Å². The van der Waals surface area contributed by atoms with Crippen molar-refractivity contribution < 1.29 is 19.1 Å². The van der Waals surface area contributed by atoms with Crippen LogP contribution in [0.3, 0.4) is 0 Å². The molecule has 1 aliphatic rings. The maximum atomic E-state index is 12.5. The minimum atomic E-state index is -0.893. The molecule has 0 saturated carbocycles. The van der Waals surface area contributed by atoms with Crippen molar-refractivity contribution in [1.29, 1.82) is 0 Å². The number of esters is 1. The lowest BCUT2D eigenvalue weighted by Gasteiger charge is -2.23. The zero-order chi connectivity index (χ0) is 17.8. The number of hydrogen-bond acceptors (Lipinski definition) is 4. The maximum absolute atomic E-state index is 12.5. The molecule has 0 saturated heterocycles. The normalized spacial score (nSPS) is 13.8. The van der Waals surface area contributed by atoms with Crippen molar-refractivity contribution in [2.75, 3.05) is 18.6 Å². The number of anilines is 1. The minimum absolute atomic E-state index is 0.130. The first-order chi connectivity index (χ1) is 12.1. The number of nitrogens with zero attached hydrogens (tertiary/aromatic N) is 1. The van der Waals surface area contributed by atoms with Crippen molar-refractivity contribution in [3.8, 4) is 5.75 Å². The predicted molar refractivity (Wildman–Crippen MR) is 95.3 cm³/mol. The molecule has 0 fully saturated rings. The molecule has 3 rings (SSSR count). The average molecular weight is 337 g/mol. The molecule has 2 aromatic carbocycles. The lowest BCUT2D eigenvalue weighted by atomic mass is 10.1. The SMILES string of the molecule is C[C@@H](OC(=O)C1=Cc2ccccc2OC1)C(=O)N(C)c1ccccc1. The van der Waals surface area contributed by atoms with Crippen LogP contribution in [0.5, 0.6) is 5.75 Å². The summed E-state index contributed by atoms with van der Waals surface area (Å²) >= 11 is 0. The molecule has 0 N–H and O–H groups in total. The van der Waals surface area contributed by atoms with E-state index in [-0.39, 0.29) is 12.5 Å². The van der Waals surface area contributed by atoms with E-state index in [1.54, 1.807) is 20.0 Å². The van der Waals surface area contributed by atoms with Gasteiger partial charge in [0.15, 0.2) is 6.10 Å². The molecule has 1 aliphatic heterocycles. The third kappa shape index (κ3) is 3.71. The topological polar surface area (TPSA) is 55.8 Å². The summed E-state index contributed by atoms with van der Waals surface area (Å²) in [6.07, 6.45) is 0.843. The molecule has 128 valence electrons. The van der Waals surface area contributed by atoms with Gasteiger partial charge in [-0.25, -0.2) is 4.79 Å². The molecule has 0 unspecified atom stereocenters. The highest BCUT2D eigenvalue weighted by atomic mass is 16.6. The van der Waals surface area contributed by atoms with Crippen LogP contribution in [0.1, 0.15) is 12.5 Å². The van der Waals surface area contributed by atoms with Crippen LogP contribution in [0.15, 0.2) is 60.2 Å². The van der Waals surface area contributed by atoms with Crippen LogP contribution in [0.25, 0.3) is 6.08 Å². The van der Waals surface area contributed by atoms with Crippen molar-refractivity contribution in [2.24, 2.45) is 0 Å². The number of carbonyl (C=O) groups excluding carboxylic acids is 2. The van der Waals surface area contributed by atoms with E-state index in [1.807, 2.05) is 54.6 Å². The molecule has 1 heterocycles. The van der Waals surface area contributed by atoms with E-state index in [2.05, 4.69) is 0 Å². The van der Waals surface area contributed by atoms with Crippen molar-refractivity contribution in [1.82, 2.24) is 0 Å². The average Bonchev–Trinajstić information content (AvgIpc) is 2.67. The standard InChI is InChI=1S/C20H19NO4/c1-14(19(22)21(2)17-9-4-3-5-10-17)25-20(23)16-12-15-8-6-7-11-18(15)24-13-16/h3-12,14H,13H2,1-2H3/t14-/m1/s1. The highest BCUT2D eigenvalue weighted by Crippen LogP contribution is 2.26. The summed E-state index contributed by atoms with van der Waals surface area (Å²) in [6, 6.07) is 16.6. The summed E-state index contributed by atoms with van der Waals surface area (Å²) in [4.78, 5) is 26.3. The number of rotatable bonds is 4. The van der Waals surface area contributed by atoms with Crippen molar-refractivity contribution in [2.45, 2.75) is 13.0 Å². The lowest BCUT2D eigenvalue weighted by molar-refractivity contribution is -0.150. The van der Waals surface area contributed by atoms with Crippen LogP contribution in [-0.4, -0.2) is 31.6 Å². The number of fused-ring (bicyclic) bond motifs is 1. The largest absolute Gasteiger partial charge is 0.488 e. The molecular formula is C20H19NO4. The second-order valence-electron chi connectivity index (χ2n) is 5.78. The van der Waals surface area contributed by atoms with E-state index in [4.69, 9.17) is 9.47 Å². The van der Waals surface area contributed by atoms with Gasteiger partial charge < -0.3 is 14.4 Å². The highest BCUT2D eigenvalue weighted by molar-refractivity contribution is 6.00. The zero-order valence-corrected chi connectivity index (χ0v) is 14.1. The smallest absolute Gasteiger partial charge is 0.338 e. The third-order valence-electron chi connectivity index (χ3n) is 4.00. The Morgan fingerprint density at radius 1 is 1.08 bits per heavy atom. The Balaban J connectivity index is 1.67. The fraction of sp³-hybridized carbons (Fsp3) is 0.200. The number of carbonyl (C=O) groups is 2. The molecule has 0 aromatic heterocycles. The first-order valence-corrected chi connectivity index (χ1v) is 8.02. The Morgan fingerprint density at radius 3 is 2.52 bits per heavy atom. The Hall–Kier alpha value is -3.08. The summed E-state index contributed by atoms with van der Waals surface area (Å²) in [5.74, 6) is -0.110. The highest BCUT2D eigenvalue weighted by Gasteiger charge is 2.25. The van der Waals surface area contributed by atoms with E-state index in [0.29, 0.717) is 5.57 Å². The van der Waals surface area contributed by atoms with Crippen molar-refractivity contribution >= 4 is 23.6 Å². The minimum Gasteiger partial charge on any atom is -0.488 e. The summed E-state index contributed by atoms with van der Waals surface area (Å²) in [6.45, 7) is 1.70. The molecule has 1 amide bonds. The van der Waals surface area contributed by atoms with Gasteiger partial charge in [0.05, 0.1) is 5.57 Å². The number of benzene rings is 2. The van der Waals surface area contributed by atoms with E-state index < -0.39 is 12.1 Å². The Bertz CT molecular complexity index is 813. The summed E-state index contributed by atoms with van der Waals surface area (Å²) in [5.41, 5.74) is 1.95. The first kappa shape index (κ1) is 16.8. The van der Waals surface area contributed by atoms with Crippen LogP contribution in [-0.2, 0) is 14.3 Å². The van der Waals surface area contributed by atoms with E-state index >= 15 is 0 Å². The van der Waals surface area contributed by atoms with Gasteiger partial charge in [0.25, 0.3) is 5.91 Å². The van der Waals surface area contributed by atoms with Gasteiger partial charge in [0, 0.05) is 18.3 Å². The van der Waals surface area contributed by atoms with E-state index in [9.17, 15) is 9.59 Å². The van der Waals surface area contributed by atoms with Crippen molar-refractivity contribution in [3.63, 3.8) is 0 Å². The fourth-order valence-electron chi connectivity index (χ4n) is 2.57. The first-order valence-electron chi connectivity index (χ1n) is 8.02. The Kier molecular flexibility index (Phi) is 4.84. The van der Waals surface area contributed by atoms with Gasteiger partial charge in [-0.05, 0) is 31.2 Å². The van der Waals surface area contributed by atoms with Crippen molar-refractivity contribution in [3.05, 3.63) is 65.7 Å².